The monoisotopic (exact) mass is 309 g/mol. The Kier molecular flexibility index (Phi) is 5.21. The molecule has 1 aliphatic carbocycles. The maximum atomic E-state index is 6.16. The van der Waals surface area contributed by atoms with Crippen LogP contribution in [0.4, 0.5) is 0 Å². The fourth-order valence-electron chi connectivity index (χ4n) is 3.62. The van der Waals surface area contributed by atoms with Gasteiger partial charge in [0.25, 0.3) is 0 Å². The van der Waals surface area contributed by atoms with Crippen molar-refractivity contribution in [2.45, 2.75) is 46.0 Å². The minimum absolute atomic E-state index is 0.355. The van der Waals surface area contributed by atoms with E-state index in [9.17, 15) is 0 Å². The van der Waals surface area contributed by atoms with Crippen molar-refractivity contribution < 1.29 is 4.74 Å². The van der Waals surface area contributed by atoms with E-state index in [-0.39, 0.29) is 0 Å². The topological polar surface area (TPSA) is 35.2 Å². The highest BCUT2D eigenvalue weighted by atomic mass is 35.5. The van der Waals surface area contributed by atoms with Crippen molar-refractivity contribution in [3.63, 3.8) is 0 Å². The van der Waals surface area contributed by atoms with Crippen LogP contribution < -0.4 is 10.5 Å². The third kappa shape index (κ3) is 3.73. The zero-order chi connectivity index (χ0) is 15.6. The molecule has 118 valence electrons. The molecule has 1 fully saturated rings. The predicted molar refractivity (Wildman–Crippen MR) is 90.1 cm³/mol. The van der Waals surface area contributed by atoms with Gasteiger partial charge < -0.3 is 10.5 Å². The molecule has 0 bridgehead atoms. The third-order valence-electron chi connectivity index (χ3n) is 5.12. The van der Waals surface area contributed by atoms with Gasteiger partial charge in [-0.25, -0.2) is 0 Å². The fourth-order valence-corrected chi connectivity index (χ4v) is 3.81. The Hall–Kier alpha value is -0.730. The smallest absolute Gasteiger partial charge is 0.137 e. The number of ether oxygens (including phenoxy) is 1. The first-order chi connectivity index (χ1) is 9.86. The highest BCUT2D eigenvalue weighted by molar-refractivity contribution is 6.32. The van der Waals surface area contributed by atoms with E-state index >= 15 is 0 Å². The molecule has 0 aliphatic heterocycles. The van der Waals surface area contributed by atoms with E-state index in [1.807, 2.05) is 6.07 Å². The number of benzene rings is 1. The Morgan fingerprint density at radius 3 is 2.57 bits per heavy atom. The summed E-state index contributed by atoms with van der Waals surface area (Å²) >= 11 is 6.16. The first-order valence-electron chi connectivity index (χ1n) is 7.90. The summed E-state index contributed by atoms with van der Waals surface area (Å²) in [4.78, 5) is 0. The van der Waals surface area contributed by atoms with Gasteiger partial charge in [-0.3, -0.25) is 0 Å². The molecule has 21 heavy (non-hydrogen) atoms. The fraction of sp³-hybridized carbons (Fsp3) is 0.667. The summed E-state index contributed by atoms with van der Waals surface area (Å²) in [5.74, 6) is 2.59. The number of halogens is 1. The van der Waals surface area contributed by atoms with Gasteiger partial charge in [0.15, 0.2) is 0 Å². The van der Waals surface area contributed by atoms with Crippen LogP contribution in [0.2, 0.25) is 5.02 Å². The molecule has 0 amide bonds. The quantitative estimate of drug-likeness (QED) is 0.866. The molecule has 1 saturated carbocycles. The van der Waals surface area contributed by atoms with Crippen LogP contribution in [0, 0.1) is 17.3 Å². The Morgan fingerprint density at radius 1 is 1.29 bits per heavy atom. The van der Waals surface area contributed by atoms with Crippen LogP contribution in [0.25, 0.3) is 0 Å². The van der Waals surface area contributed by atoms with Gasteiger partial charge in [-0.05, 0) is 66.7 Å². The van der Waals surface area contributed by atoms with Crippen molar-refractivity contribution in [2.75, 3.05) is 13.7 Å². The zero-order valence-electron chi connectivity index (χ0n) is 13.7. The van der Waals surface area contributed by atoms with Crippen LogP contribution in [0.15, 0.2) is 18.2 Å². The minimum atomic E-state index is 0.355. The number of rotatable bonds is 3. The lowest BCUT2D eigenvalue weighted by Gasteiger charge is -2.42. The Morgan fingerprint density at radius 2 is 2.00 bits per heavy atom. The number of hydrogen-bond donors (Lipinski definition) is 1. The average Bonchev–Trinajstić information content (AvgIpc) is 2.46. The standard InChI is InChI=1S/C18H28ClNO/c1-18(2,3)14-7-5-13(11-20)15(10-14)12-6-8-16(19)17(9-12)21-4/h6,8-9,13-15H,5,7,10-11,20H2,1-4H3. The van der Waals surface area contributed by atoms with Crippen molar-refractivity contribution in [1.29, 1.82) is 0 Å². The highest BCUT2D eigenvalue weighted by Crippen LogP contribution is 2.47. The summed E-state index contributed by atoms with van der Waals surface area (Å²) in [7, 11) is 1.67. The largest absolute Gasteiger partial charge is 0.495 e. The molecule has 1 aliphatic rings. The van der Waals surface area contributed by atoms with Crippen LogP contribution >= 0.6 is 11.6 Å². The molecule has 2 rings (SSSR count). The van der Waals surface area contributed by atoms with Crippen molar-refractivity contribution >= 4 is 11.6 Å². The maximum absolute atomic E-state index is 6.16. The summed E-state index contributed by atoms with van der Waals surface area (Å²) in [6.07, 6.45) is 3.71. The Bertz CT molecular complexity index is 481. The van der Waals surface area contributed by atoms with Crippen LogP contribution in [0.1, 0.15) is 51.5 Å². The third-order valence-corrected chi connectivity index (χ3v) is 5.44. The molecule has 3 heteroatoms. The number of hydrogen-bond acceptors (Lipinski definition) is 2. The molecule has 2 N–H and O–H groups in total. The van der Waals surface area contributed by atoms with Gasteiger partial charge in [-0.2, -0.15) is 0 Å². The van der Waals surface area contributed by atoms with Gasteiger partial charge in [-0.1, -0.05) is 38.4 Å². The van der Waals surface area contributed by atoms with Crippen LogP contribution in [0.5, 0.6) is 5.75 Å². The maximum Gasteiger partial charge on any atom is 0.137 e. The molecule has 1 aromatic rings. The second-order valence-corrected chi connectivity index (χ2v) is 7.78. The molecule has 0 spiro atoms. The SMILES string of the molecule is COc1cc(C2CC(C(C)(C)C)CCC2CN)ccc1Cl. The number of nitrogens with two attached hydrogens (primary N) is 1. The van der Waals surface area contributed by atoms with Gasteiger partial charge in [0.05, 0.1) is 12.1 Å². The molecular formula is C18H28ClNO. The summed E-state index contributed by atoms with van der Waals surface area (Å²) < 4.78 is 5.38. The lowest BCUT2D eigenvalue weighted by Crippen LogP contribution is -2.34. The van der Waals surface area contributed by atoms with Crippen molar-refractivity contribution in [1.82, 2.24) is 0 Å². The molecule has 0 saturated heterocycles. The highest BCUT2D eigenvalue weighted by Gasteiger charge is 2.36. The van der Waals surface area contributed by atoms with E-state index in [4.69, 9.17) is 22.1 Å². The van der Waals surface area contributed by atoms with Crippen molar-refractivity contribution in [2.24, 2.45) is 23.0 Å². The van der Waals surface area contributed by atoms with Crippen LogP contribution in [0.3, 0.4) is 0 Å². The molecule has 0 heterocycles. The van der Waals surface area contributed by atoms with E-state index in [1.54, 1.807) is 7.11 Å². The Balaban J connectivity index is 2.29. The minimum Gasteiger partial charge on any atom is -0.495 e. The lowest BCUT2D eigenvalue weighted by molar-refractivity contribution is 0.133. The first kappa shape index (κ1) is 16.6. The average molecular weight is 310 g/mol. The van der Waals surface area contributed by atoms with Crippen LogP contribution in [-0.2, 0) is 0 Å². The van der Waals surface area contributed by atoms with Crippen molar-refractivity contribution in [3.05, 3.63) is 28.8 Å². The summed E-state index contributed by atoms with van der Waals surface area (Å²) in [6.45, 7) is 7.80. The van der Waals surface area contributed by atoms with Crippen LogP contribution in [-0.4, -0.2) is 13.7 Å². The molecule has 0 radical (unpaired) electrons. The van der Waals surface area contributed by atoms with Crippen molar-refractivity contribution in [3.8, 4) is 5.75 Å². The van der Waals surface area contributed by atoms with E-state index in [1.165, 1.54) is 24.8 Å². The molecule has 0 aromatic heterocycles. The molecular weight excluding hydrogens is 282 g/mol. The summed E-state index contributed by atoms with van der Waals surface area (Å²) in [6, 6.07) is 6.19. The number of methoxy groups -OCH3 is 1. The van der Waals surface area contributed by atoms with E-state index in [0.717, 1.165) is 18.2 Å². The summed E-state index contributed by atoms with van der Waals surface area (Å²) in [5, 5.41) is 0.675. The van der Waals surface area contributed by atoms with Gasteiger partial charge in [0, 0.05) is 0 Å². The molecule has 2 nitrogen and oxygen atoms in total. The molecule has 3 atom stereocenters. The normalized spacial score (nSPS) is 26.7. The van der Waals surface area contributed by atoms with E-state index in [0.29, 0.717) is 22.3 Å². The van der Waals surface area contributed by atoms with Gasteiger partial charge in [0.1, 0.15) is 5.75 Å². The molecule has 1 aromatic carbocycles. The van der Waals surface area contributed by atoms with Gasteiger partial charge in [0.2, 0.25) is 0 Å². The lowest BCUT2D eigenvalue weighted by atomic mass is 9.64. The second-order valence-electron chi connectivity index (χ2n) is 7.37. The summed E-state index contributed by atoms with van der Waals surface area (Å²) in [5.41, 5.74) is 7.70. The Labute approximate surface area is 134 Å². The van der Waals surface area contributed by atoms with E-state index in [2.05, 4.69) is 32.9 Å². The molecule has 3 unspecified atom stereocenters. The predicted octanol–water partition coefficient (Wildman–Crippen LogP) is 4.85. The van der Waals surface area contributed by atoms with Gasteiger partial charge in [-0.15, -0.1) is 0 Å². The first-order valence-corrected chi connectivity index (χ1v) is 8.28. The second kappa shape index (κ2) is 6.58. The van der Waals surface area contributed by atoms with E-state index < -0.39 is 0 Å². The van der Waals surface area contributed by atoms with Gasteiger partial charge >= 0.3 is 0 Å². The zero-order valence-corrected chi connectivity index (χ0v) is 14.4.